The number of aliphatic hydroxyl groups is 1. The lowest BCUT2D eigenvalue weighted by Crippen LogP contribution is -2.70. The molecular formula is C23H22N8O7S4. The van der Waals surface area contributed by atoms with Crippen molar-refractivity contribution in [1.82, 2.24) is 35.4 Å². The van der Waals surface area contributed by atoms with Crippen LogP contribution >= 0.6 is 46.6 Å². The first-order valence-electron chi connectivity index (χ1n) is 12.1. The summed E-state index contributed by atoms with van der Waals surface area (Å²) in [7, 11) is 0. The fourth-order valence-corrected chi connectivity index (χ4v) is 8.43. The van der Waals surface area contributed by atoms with Crippen molar-refractivity contribution < 1.29 is 34.5 Å². The van der Waals surface area contributed by atoms with Crippen LogP contribution in [0.4, 0.5) is 5.13 Å². The smallest absolute Gasteiger partial charge is 0.352 e. The van der Waals surface area contributed by atoms with Crippen molar-refractivity contribution >= 4 is 75.5 Å². The van der Waals surface area contributed by atoms with Crippen molar-refractivity contribution in [2.45, 2.75) is 33.3 Å². The first-order valence-corrected chi connectivity index (χ1v) is 15.9. The Kier molecular flexibility index (Phi) is 9.02. The summed E-state index contributed by atoms with van der Waals surface area (Å²) in [5.74, 6) is -3.14. The average molecular weight is 651 g/mol. The molecule has 15 nitrogen and oxygen atoms in total. The van der Waals surface area contributed by atoms with E-state index in [1.54, 1.807) is 23.6 Å². The third-order valence-electron chi connectivity index (χ3n) is 6.14. The van der Waals surface area contributed by atoms with Gasteiger partial charge in [-0.05, 0) is 28.1 Å². The molecule has 0 radical (unpaired) electrons. The van der Waals surface area contributed by atoms with Gasteiger partial charge in [-0.25, -0.2) is 19.3 Å². The number of carboxylic acids is 2. The Labute approximate surface area is 253 Å². The van der Waals surface area contributed by atoms with Gasteiger partial charge in [0.05, 0.1) is 24.4 Å². The van der Waals surface area contributed by atoms with Crippen LogP contribution in [-0.4, -0.2) is 98.7 Å². The molecule has 0 aliphatic carbocycles. The number of carboxylic acid groups (broad SMARTS) is 2. The highest BCUT2D eigenvalue weighted by atomic mass is 32.2. The number of aliphatic carboxylic acids is 1. The van der Waals surface area contributed by atoms with Crippen LogP contribution in [0.2, 0.25) is 0 Å². The van der Waals surface area contributed by atoms with Gasteiger partial charge in [-0.3, -0.25) is 14.5 Å². The predicted octanol–water partition coefficient (Wildman–Crippen LogP) is 0.767. The summed E-state index contributed by atoms with van der Waals surface area (Å²) in [6.07, 6.45) is 0. The number of carbonyl (C=O) groups is 4. The largest absolute Gasteiger partial charge is 0.478 e. The van der Waals surface area contributed by atoms with E-state index in [0.29, 0.717) is 21.3 Å². The van der Waals surface area contributed by atoms with E-state index in [1.165, 1.54) is 34.3 Å². The number of hydrogen-bond donors (Lipinski definition) is 5. The number of carbonyl (C=O) groups excluding carboxylic acids is 2. The number of thiazole rings is 1. The quantitative estimate of drug-likeness (QED) is 0.135. The number of nitrogens with zero attached hydrogens (tertiary/aromatic N) is 6. The molecule has 1 saturated heterocycles. The molecule has 2 unspecified atom stereocenters. The molecule has 0 saturated carbocycles. The normalized spacial score (nSPS) is 18.8. The minimum absolute atomic E-state index is 0.00395. The van der Waals surface area contributed by atoms with Crippen LogP contribution in [0.5, 0.6) is 0 Å². The molecule has 6 N–H and O–H groups in total. The maximum absolute atomic E-state index is 13.6. The van der Waals surface area contributed by atoms with Crippen molar-refractivity contribution in [2.75, 3.05) is 23.8 Å². The van der Waals surface area contributed by atoms with Crippen LogP contribution in [-0.2, 0) is 20.9 Å². The lowest BCUT2D eigenvalue weighted by atomic mass is 10.0. The first kappa shape index (κ1) is 29.8. The van der Waals surface area contributed by atoms with Crippen LogP contribution in [0.1, 0.15) is 21.3 Å². The number of benzene rings is 1. The highest BCUT2D eigenvalue weighted by Crippen LogP contribution is 2.43. The number of nitrogen functional groups attached to an aromatic ring is 1. The van der Waals surface area contributed by atoms with Crippen LogP contribution in [0, 0.1) is 0 Å². The number of β-lactam (4-membered cyclic amide) rings is 1. The van der Waals surface area contributed by atoms with E-state index in [9.17, 15) is 29.4 Å². The molecule has 3 atom stereocenters. The number of tetrazole rings is 1. The number of aliphatic hydroxyl groups excluding tert-OH is 1. The maximum Gasteiger partial charge on any atom is 0.352 e. The van der Waals surface area contributed by atoms with E-state index in [2.05, 4.69) is 25.8 Å². The van der Waals surface area contributed by atoms with Gasteiger partial charge in [-0.15, -0.1) is 40.0 Å². The van der Waals surface area contributed by atoms with Gasteiger partial charge >= 0.3 is 11.9 Å². The van der Waals surface area contributed by atoms with E-state index in [0.717, 1.165) is 28.0 Å². The van der Waals surface area contributed by atoms with Crippen molar-refractivity contribution in [1.29, 1.82) is 0 Å². The molecule has 220 valence electrons. The van der Waals surface area contributed by atoms with E-state index < -0.39 is 40.4 Å². The molecule has 5 rings (SSSR count). The van der Waals surface area contributed by atoms with Gasteiger partial charge in [0.15, 0.2) is 5.13 Å². The number of fused-ring (bicyclic) bond motifs is 1. The van der Waals surface area contributed by atoms with Gasteiger partial charge in [0, 0.05) is 21.8 Å². The summed E-state index contributed by atoms with van der Waals surface area (Å²) in [4.78, 5) is 56.5. The van der Waals surface area contributed by atoms with E-state index in [4.69, 9.17) is 10.8 Å². The van der Waals surface area contributed by atoms with Crippen LogP contribution in [0.15, 0.2) is 51.0 Å². The highest BCUT2D eigenvalue weighted by Gasteiger charge is 2.54. The van der Waals surface area contributed by atoms with Crippen molar-refractivity contribution in [2.24, 2.45) is 0 Å². The summed E-state index contributed by atoms with van der Waals surface area (Å²) in [6, 6.07) is 5.21. The number of thioether (sulfide) groups is 3. The Hall–Kier alpha value is -3.65. The molecule has 42 heavy (non-hydrogen) atoms. The molecule has 1 aromatic carbocycles. The fourth-order valence-electron chi connectivity index (χ4n) is 4.25. The lowest BCUT2D eigenvalue weighted by Gasteiger charge is -2.49. The molecule has 1 fully saturated rings. The number of rotatable bonds is 12. The zero-order valence-corrected chi connectivity index (χ0v) is 24.6. The predicted molar refractivity (Wildman–Crippen MR) is 154 cm³/mol. The topological polar surface area (TPSA) is 227 Å². The summed E-state index contributed by atoms with van der Waals surface area (Å²) in [5.41, 5.74) is 6.43. The number of hydrogen-bond acceptors (Lipinski definition) is 14. The number of nitrogens with one attached hydrogen (secondary N) is 1. The molecule has 2 aromatic heterocycles. The second-order valence-corrected chi connectivity index (χ2v) is 12.8. The minimum atomic E-state index is -1.28. The molecular weight excluding hydrogens is 629 g/mol. The average Bonchev–Trinajstić information content (AvgIpc) is 3.61. The summed E-state index contributed by atoms with van der Waals surface area (Å²) < 4.78 is 1.39. The van der Waals surface area contributed by atoms with Gasteiger partial charge in [0.1, 0.15) is 22.4 Å². The number of aromatic nitrogens is 5. The molecule has 0 spiro atoms. The number of aromatic carboxylic acids is 1. The number of nitrogens with two attached hydrogens (primary N) is 1. The molecule has 2 aliphatic heterocycles. The Morgan fingerprint density at radius 1 is 1.21 bits per heavy atom. The molecule has 3 aromatic rings. The SMILES string of the molecule is Nc1nc(C(Sc2ccccc2C(=O)O)C(=O)NC2C(=O)N3C(C(=O)O)=C(CSc4nnnn4CCO)CS[C@@H]23)cs1. The van der Waals surface area contributed by atoms with Gasteiger partial charge in [-0.1, -0.05) is 23.9 Å². The first-order chi connectivity index (χ1) is 20.2. The second-order valence-electron chi connectivity index (χ2n) is 8.76. The van der Waals surface area contributed by atoms with Crippen molar-refractivity contribution in [3.8, 4) is 0 Å². The van der Waals surface area contributed by atoms with Gasteiger partial charge in [-0.2, -0.15) is 0 Å². The molecule has 2 aliphatic rings. The Bertz CT molecular complexity index is 1580. The molecule has 2 amide bonds. The minimum Gasteiger partial charge on any atom is -0.478 e. The van der Waals surface area contributed by atoms with Gasteiger partial charge in [0.25, 0.3) is 5.91 Å². The van der Waals surface area contributed by atoms with Crippen LogP contribution < -0.4 is 11.1 Å². The van der Waals surface area contributed by atoms with Gasteiger partial charge < -0.3 is 26.4 Å². The summed E-state index contributed by atoms with van der Waals surface area (Å²) in [5, 5.41) is 43.2. The van der Waals surface area contributed by atoms with Crippen LogP contribution in [0.25, 0.3) is 0 Å². The fraction of sp³-hybridized carbons (Fsp3) is 0.304. The molecule has 19 heteroatoms. The molecule has 0 bridgehead atoms. The standard InChI is InChI=1S/C23H22N8O7S4/c24-22-25-12(9-40-22)16(42-13-4-2-1-3-11(13)20(35)36)17(33)26-14-18(34)31-15(21(37)38)10(7-39-19(14)31)8-41-23-27-28-29-30(23)5-6-32/h1-4,9,14,16,19,32H,5-8H2,(H2,24,25)(H,26,33)(H,35,36)(H,37,38)/t14?,16?,19-/m0/s1. The summed E-state index contributed by atoms with van der Waals surface area (Å²) >= 11 is 4.57. The Morgan fingerprint density at radius 3 is 2.69 bits per heavy atom. The third-order valence-corrected chi connectivity index (χ3v) is 10.5. The Balaban J connectivity index is 1.33. The zero-order valence-electron chi connectivity index (χ0n) is 21.3. The highest BCUT2D eigenvalue weighted by molar-refractivity contribution is 8.01. The number of amides is 2. The van der Waals surface area contributed by atoms with E-state index >= 15 is 0 Å². The monoisotopic (exact) mass is 650 g/mol. The third kappa shape index (κ3) is 5.95. The lowest BCUT2D eigenvalue weighted by molar-refractivity contribution is -0.150. The van der Waals surface area contributed by atoms with E-state index in [1.807, 2.05) is 0 Å². The molecule has 4 heterocycles. The number of anilines is 1. The van der Waals surface area contributed by atoms with Crippen molar-refractivity contribution in [3.63, 3.8) is 0 Å². The Morgan fingerprint density at radius 2 is 2.00 bits per heavy atom. The van der Waals surface area contributed by atoms with Gasteiger partial charge in [0.2, 0.25) is 11.1 Å². The zero-order chi connectivity index (χ0) is 30.0. The maximum atomic E-state index is 13.6. The van der Waals surface area contributed by atoms with Crippen molar-refractivity contribution in [3.05, 3.63) is 52.2 Å². The van der Waals surface area contributed by atoms with Crippen LogP contribution in [0.3, 0.4) is 0 Å². The van der Waals surface area contributed by atoms with E-state index in [-0.39, 0.29) is 41.0 Å². The second kappa shape index (κ2) is 12.7. The summed E-state index contributed by atoms with van der Waals surface area (Å²) in [6.45, 7) is 0.00747.